The predicted octanol–water partition coefficient (Wildman–Crippen LogP) is 4.26. The molecule has 0 amide bonds. The van der Waals surface area contributed by atoms with Gasteiger partial charge in [-0.3, -0.25) is 4.79 Å². The van der Waals surface area contributed by atoms with Crippen molar-refractivity contribution >= 4 is 6.47 Å². The fraction of sp³-hybridized carbons (Fsp3) is 0.533. The maximum Gasteiger partial charge on any atom is 0.293 e. The highest BCUT2D eigenvalue weighted by molar-refractivity contribution is 5.38. The van der Waals surface area contributed by atoms with Gasteiger partial charge in [-0.1, -0.05) is 62.9 Å². The molecule has 1 unspecified atom stereocenters. The van der Waals surface area contributed by atoms with Crippen LogP contribution in [0.15, 0.2) is 30.3 Å². The number of carbonyl (C=O) groups excluding carboxylic acids is 1. The predicted molar refractivity (Wildman–Crippen MR) is 69.7 cm³/mol. The lowest BCUT2D eigenvalue weighted by Crippen LogP contribution is -2.03. The minimum absolute atomic E-state index is 0.0738. The van der Waals surface area contributed by atoms with Gasteiger partial charge < -0.3 is 4.74 Å². The van der Waals surface area contributed by atoms with Crippen LogP contribution in [0.2, 0.25) is 0 Å². The van der Waals surface area contributed by atoms with Crippen molar-refractivity contribution in [2.24, 2.45) is 0 Å². The third-order valence-corrected chi connectivity index (χ3v) is 2.96. The highest BCUT2D eigenvalue weighted by Gasteiger charge is 2.10. The van der Waals surface area contributed by atoms with E-state index in [4.69, 9.17) is 4.74 Å². The van der Waals surface area contributed by atoms with E-state index in [1.54, 1.807) is 0 Å². The summed E-state index contributed by atoms with van der Waals surface area (Å²) in [6.07, 6.45) is 7.02. The molecule has 0 aliphatic carbocycles. The largest absolute Gasteiger partial charge is 0.460 e. The minimum atomic E-state index is -0.0738. The molecule has 2 nitrogen and oxygen atoms in total. The Morgan fingerprint density at radius 3 is 2.47 bits per heavy atom. The Balaban J connectivity index is 2.36. The summed E-state index contributed by atoms with van der Waals surface area (Å²) in [5, 5.41) is 0. The van der Waals surface area contributed by atoms with Gasteiger partial charge in [-0.2, -0.15) is 0 Å². The summed E-state index contributed by atoms with van der Waals surface area (Å²) < 4.78 is 5.15. The molecule has 17 heavy (non-hydrogen) atoms. The molecule has 0 bridgehead atoms. The van der Waals surface area contributed by atoms with E-state index >= 15 is 0 Å². The van der Waals surface area contributed by atoms with Crippen molar-refractivity contribution in [1.29, 1.82) is 0 Å². The molecule has 94 valence electrons. The Bertz CT molecular complexity index is 295. The lowest BCUT2D eigenvalue weighted by atomic mass is 10.0. The van der Waals surface area contributed by atoms with Gasteiger partial charge in [0.15, 0.2) is 0 Å². The molecular formula is C15H22O2. The molecule has 0 spiro atoms. The van der Waals surface area contributed by atoms with E-state index in [2.05, 4.69) is 6.92 Å². The van der Waals surface area contributed by atoms with Crippen molar-refractivity contribution in [3.63, 3.8) is 0 Å². The number of hydrogen-bond acceptors (Lipinski definition) is 2. The first-order valence-corrected chi connectivity index (χ1v) is 6.52. The fourth-order valence-electron chi connectivity index (χ4n) is 1.98. The van der Waals surface area contributed by atoms with Gasteiger partial charge >= 0.3 is 0 Å². The van der Waals surface area contributed by atoms with Gasteiger partial charge in [0, 0.05) is 0 Å². The minimum Gasteiger partial charge on any atom is -0.460 e. The average Bonchev–Trinajstić information content (AvgIpc) is 2.38. The molecule has 2 heteroatoms. The Labute approximate surface area is 104 Å². The molecule has 0 saturated carbocycles. The van der Waals surface area contributed by atoms with Crippen LogP contribution in [0.25, 0.3) is 0 Å². The van der Waals surface area contributed by atoms with Crippen LogP contribution >= 0.6 is 0 Å². The van der Waals surface area contributed by atoms with Crippen LogP contribution in [0.3, 0.4) is 0 Å². The number of ether oxygens (including phenoxy) is 1. The van der Waals surface area contributed by atoms with Crippen LogP contribution in [-0.2, 0) is 9.53 Å². The zero-order valence-corrected chi connectivity index (χ0v) is 10.6. The van der Waals surface area contributed by atoms with Gasteiger partial charge in [-0.25, -0.2) is 0 Å². The summed E-state index contributed by atoms with van der Waals surface area (Å²) in [5.41, 5.74) is 1.09. The van der Waals surface area contributed by atoms with Gasteiger partial charge in [-0.05, 0) is 18.4 Å². The zero-order valence-electron chi connectivity index (χ0n) is 10.6. The monoisotopic (exact) mass is 234 g/mol. The number of carbonyl (C=O) groups is 1. The lowest BCUT2D eigenvalue weighted by Gasteiger charge is -2.15. The number of rotatable bonds is 9. The summed E-state index contributed by atoms with van der Waals surface area (Å²) in [5.74, 6) is 0. The third-order valence-electron chi connectivity index (χ3n) is 2.96. The van der Waals surface area contributed by atoms with Crippen LogP contribution in [0, 0.1) is 0 Å². The van der Waals surface area contributed by atoms with E-state index in [9.17, 15) is 4.79 Å². The molecule has 0 fully saturated rings. The Kier molecular flexibility index (Phi) is 7.12. The smallest absolute Gasteiger partial charge is 0.293 e. The van der Waals surface area contributed by atoms with Gasteiger partial charge in [0.25, 0.3) is 6.47 Å². The van der Waals surface area contributed by atoms with E-state index in [1.807, 2.05) is 30.3 Å². The first-order valence-electron chi connectivity index (χ1n) is 6.52. The quantitative estimate of drug-likeness (QED) is 0.471. The second-order valence-corrected chi connectivity index (χ2v) is 4.33. The van der Waals surface area contributed by atoms with Crippen molar-refractivity contribution < 1.29 is 9.53 Å². The van der Waals surface area contributed by atoms with Crippen LogP contribution < -0.4 is 0 Å². The Morgan fingerprint density at radius 2 is 1.82 bits per heavy atom. The molecule has 0 N–H and O–H groups in total. The number of unbranched alkanes of at least 4 members (excludes halogenated alkanes) is 4. The maximum absolute atomic E-state index is 10.5. The Hall–Kier alpha value is -1.31. The molecular weight excluding hydrogens is 212 g/mol. The Morgan fingerprint density at radius 1 is 1.12 bits per heavy atom. The molecule has 1 atom stereocenters. The summed E-state index contributed by atoms with van der Waals surface area (Å²) in [7, 11) is 0. The lowest BCUT2D eigenvalue weighted by molar-refractivity contribution is -0.134. The fourth-order valence-corrected chi connectivity index (χ4v) is 1.98. The summed E-state index contributed by atoms with van der Waals surface area (Å²) in [6.45, 7) is 2.77. The van der Waals surface area contributed by atoms with E-state index in [-0.39, 0.29) is 6.10 Å². The first kappa shape index (κ1) is 13.8. The molecule has 1 aromatic rings. The summed E-state index contributed by atoms with van der Waals surface area (Å²) in [4.78, 5) is 10.5. The van der Waals surface area contributed by atoms with Gasteiger partial charge in [0.05, 0.1) is 0 Å². The van der Waals surface area contributed by atoms with Crippen molar-refractivity contribution in [3.05, 3.63) is 35.9 Å². The van der Waals surface area contributed by atoms with E-state index in [0.717, 1.165) is 18.4 Å². The molecule has 0 radical (unpaired) electrons. The molecule has 0 aliphatic heterocycles. The van der Waals surface area contributed by atoms with Crippen molar-refractivity contribution in [2.45, 2.75) is 51.6 Å². The highest BCUT2D eigenvalue weighted by atomic mass is 16.5. The third kappa shape index (κ3) is 5.53. The maximum atomic E-state index is 10.5. The molecule has 0 heterocycles. The molecule has 1 aromatic carbocycles. The van der Waals surface area contributed by atoms with Crippen molar-refractivity contribution in [1.82, 2.24) is 0 Å². The number of benzene rings is 1. The second kappa shape index (κ2) is 8.80. The average molecular weight is 234 g/mol. The van der Waals surface area contributed by atoms with Gasteiger partial charge in [-0.15, -0.1) is 0 Å². The summed E-state index contributed by atoms with van der Waals surface area (Å²) >= 11 is 0. The van der Waals surface area contributed by atoms with Crippen LogP contribution in [-0.4, -0.2) is 6.47 Å². The van der Waals surface area contributed by atoms with E-state index < -0.39 is 0 Å². The molecule has 0 aliphatic rings. The SMILES string of the molecule is CCCCCCCC(OC=O)c1ccccc1. The second-order valence-electron chi connectivity index (χ2n) is 4.33. The molecule has 0 saturated heterocycles. The summed E-state index contributed by atoms with van der Waals surface area (Å²) in [6, 6.07) is 9.96. The highest BCUT2D eigenvalue weighted by Crippen LogP contribution is 2.23. The van der Waals surface area contributed by atoms with Crippen LogP contribution in [0.1, 0.15) is 57.1 Å². The zero-order chi connectivity index (χ0) is 12.3. The van der Waals surface area contributed by atoms with Crippen LogP contribution in [0.5, 0.6) is 0 Å². The normalized spacial score (nSPS) is 12.1. The van der Waals surface area contributed by atoms with E-state index in [1.165, 1.54) is 25.7 Å². The van der Waals surface area contributed by atoms with Crippen molar-refractivity contribution in [3.8, 4) is 0 Å². The van der Waals surface area contributed by atoms with Gasteiger partial charge in [0.1, 0.15) is 6.10 Å². The van der Waals surface area contributed by atoms with Crippen LogP contribution in [0.4, 0.5) is 0 Å². The molecule has 0 aromatic heterocycles. The molecule has 1 rings (SSSR count). The van der Waals surface area contributed by atoms with E-state index in [0.29, 0.717) is 6.47 Å². The standard InChI is InChI=1S/C15H22O2/c1-2-3-4-5-9-12-15(17-13-16)14-10-7-6-8-11-14/h6-8,10-11,13,15H,2-5,9,12H2,1H3. The topological polar surface area (TPSA) is 26.3 Å². The van der Waals surface area contributed by atoms with Crippen molar-refractivity contribution in [2.75, 3.05) is 0 Å². The first-order chi connectivity index (χ1) is 8.38. The van der Waals surface area contributed by atoms with Gasteiger partial charge in [0.2, 0.25) is 0 Å². The number of hydrogen-bond donors (Lipinski definition) is 0.